The molecule has 0 spiro atoms. The van der Waals surface area contributed by atoms with Crippen molar-refractivity contribution >= 4 is 34.8 Å². The first-order chi connectivity index (χ1) is 20.5. The monoisotopic (exact) mass is 615 g/mol. The van der Waals surface area contributed by atoms with Gasteiger partial charge in [0.2, 0.25) is 23.6 Å². The second kappa shape index (κ2) is 15.0. The maximum Gasteiger partial charge on any atom is 0.249 e. The van der Waals surface area contributed by atoms with E-state index < -0.39 is 47.0 Å². The average molecular weight is 616 g/mol. The van der Waals surface area contributed by atoms with Crippen LogP contribution in [0.3, 0.4) is 0 Å². The van der Waals surface area contributed by atoms with Gasteiger partial charge >= 0.3 is 0 Å². The Balaban J connectivity index is 1.63. The highest BCUT2D eigenvalue weighted by Crippen LogP contribution is 2.55. The zero-order valence-electron chi connectivity index (χ0n) is 25.7. The number of amides is 4. The fraction of sp³-hybridized carbons (Fsp3) is 0.688. The minimum absolute atomic E-state index is 0.0485. The van der Waals surface area contributed by atoms with Gasteiger partial charge in [0.1, 0.15) is 11.8 Å². The molecule has 1 aromatic carbocycles. The predicted molar refractivity (Wildman–Crippen MR) is 167 cm³/mol. The van der Waals surface area contributed by atoms with Gasteiger partial charge in [-0.25, -0.2) is 0 Å². The smallest absolute Gasteiger partial charge is 0.249 e. The number of hydrogen-bond donors (Lipinski definition) is 4. The van der Waals surface area contributed by atoms with Crippen molar-refractivity contribution in [3.05, 3.63) is 35.9 Å². The van der Waals surface area contributed by atoms with Crippen LogP contribution >= 0.6 is 0 Å². The van der Waals surface area contributed by atoms with Gasteiger partial charge in [-0.3, -0.25) is 24.5 Å². The Morgan fingerprint density at radius 1 is 0.977 bits per heavy atom. The lowest BCUT2D eigenvalue weighted by Gasteiger charge is -2.58. The van der Waals surface area contributed by atoms with Crippen LogP contribution in [0.1, 0.15) is 64.4 Å². The van der Waals surface area contributed by atoms with E-state index in [1.807, 2.05) is 44.2 Å². The summed E-state index contributed by atoms with van der Waals surface area (Å²) in [4.78, 5) is 55.8. The van der Waals surface area contributed by atoms with Crippen LogP contribution < -0.4 is 22.1 Å². The Hall–Kier alpha value is -2.47. The number of carbonyl (C=O) groups is 4. The summed E-state index contributed by atoms with van der Waals surface area (Å²) in [5, 5.41) is 5.23. The summed E-state index contributed by atoms with van der Waals surface area (Å²) in [5.41, 5.74) is 13.0. The predicted octanol–water partition coefficient (Wildman–Crippen LogP) is 1.48. The number of imide groups is 1. The van der Waals surface area contributed by atoms with Crippen molar-refractivity contribution in [2.75, 3.05) is 18.6 Å². The van der Waals surface area contributed by atoms with E-state index in [-0.39, 0.29) is 54.8 Å². The molecule has 0 aliphatic heterocycles. The van der Waals surface area contributed by atoms with E-state index in [0.29, 0.717) is 11.8 Å². The van der Waals surface area contributed by atoms with Crippen molar-refractivity contribution in [3.63, 3.8) is 0 Å². The summed E-state index contributed by atoms with van der Waals surface area (Å²) in [6.07, 6.45) is 7.96. The third-order valence-electron chi connectivity index (χ3n) is 9.97. The molecule has 0 saturated heterocycles. The van der Waals surface area contributed by atoms with Crippen molar-refractivity contribution in [2.45, 2.75) is 89.4 Å². The van der Waals surface area contributed by atoms with Crippen LogP contribution in [-0.2, 0) is 36.8 Å². The topological polar surface area (TPSA) is 171 Å². The molecular weight excluding hydrogens is 566 g/mol. The lowest BCUT2D eigenvalue weighted by Crippen LogP contribution is -2.65. The quantitative estimate of drug-likeness (QED) is 0.230. The largest absolute Gasteiger partial charge is 0.617 e. The first kappa shape index (κ1) is 33.4. The Kier molecular flexibility index (Phi) is 11.7. The molecule has 4 aliphatic carbocycles. The summed E-state index contributed by atoms with van der Waals surface area (Å²) in [6, 6.07) is 6.55. The zero-order chi connectivity index (χ0) is 31.3. The maximum absolute atomic E-state index is 14.2. The van der Waals surface area contributed by atoms with E-state index in [2.05, 4.69) is 10.6 Å². The fourth-order valence-electron chi connectivity index (χ4n) is 7.66. The Morgan fingerprint density at radius 2 is 1.58 bits per heavy atom. The van der Waals surface area contributed by atoms with Crippen molar-refractivity contribution in [2.24, 2.45) is 41.1 Å². The van der Waals surface area contributed by atoms with Crippen LogP contribution in [0.15, 0.2) is 30.3 Å². The second-order valence-corrected chi connectivity index (χ2v) is 14.6. The Morgan fingerprint density at radius 3 is 2.14 bits per heavy atom. The third kappa shape index (κ3) is 8.38. The molecule has 10 nitrogen and oxygen atoms in total. The number of carbonyl (C=O) groups excluding carboxylic acids is 4. The van der Waals surface area contributed by atoms with Crippen molar-refractivity contribution in [3.8, 4) is 0 Å². The molecule has 6 N–H and O–H groups in total. The van der Waals surface area contributed by atoms with Crippen LogP contribution in [0.2, 0.25) is 0 Å². The number of rotatable bonds is 14. The summed E-state index contributed by atoms with van der Waals surface area (Å²) in [6.45, 7) is 3.58. The summed E-state index contributed by atoms with van der Waals surface area (Å²) < 4.78 is 11.5. The summed E-state index contributed by atoms with van der Waals surface area (Å²) in [7, 11) is 0. The fourth-order valence-corrected chi connectivity index (χ4v) is 8.24. The van der Waals surface area contributed by atoms with Crippen molar-refractivity contribution < 1.29 is 23.7 Å². The lowest BCUT2D eigenvalue weighted by molar-refractivity contribution is -0.155. The van der Waals surface area contributed by atoms with Crippen LogP contribution in [0, 0.1) is 29.6 Å². The molecule has 43 heavy (non-hydrogen) atoms. The third-order valence-corrected chi connectivity index (χ3v) is 10.8. The molecule has 0 aromatic heterocycles. The first-order valence-corrected chi connectivity index (χ1v) is 17.5. The second-order valence-electron chi connectivity index (χ2n) is 13.1. The van der Waals surface area contributed by atoms with E-state index in [9.17, 15) is 23.7 Å². The number of nitrogens with two attached hydrogens (primary N) is 2. The van der Waals surface area contributed by atoms with E-state index in [0.717, 1.165) is 37.7 Å². The molecular formula is C32H49N5O5S. The van der Waals surface area contributed by atoms with E-state index >= 15 is 0 Å². The minimum atomic E-state index is -1.12. The van der Waals surface area contributed by atoms with Gasteiger partial charge in [0.15, 0.2) is 0 Å². The van der Waals surface area contributed by atoms with Gasteiger partial charge in [0.05, 0.1) is 24.9 Å². The van der Waals surface area contributed by atoms with Crippen LogP contribution in [0.4, 0.5) is 0 Å². The number of benzene rings is 1. The molecule has 4 amide bonds. The van der Waals surface area contributed by atoms with Crippen molar-refractivity contribution in [1.82, 2.24) is 15.5 Å². The first-order valence-electron chi connectivity index (χ1n) is 15.8. The number of nitrogens with zero attached hydrogens (tertiary/aromatic N) is 1. The molecule has 0 heterocycles. The number of hydrogen-bond acceptors (Lipinski definition) is 7. The Labute approximate surface area is 258 Å². The van der Waals surface area contributed by atoms with E-state index in [1.54, 1.807) is 4.90 Å². The van der Waals surface area contributed by atoms with Crippen molar-refractivity contribution in [1.29, 1.82) is 0 Å². The molecule has 4 fully saturated rings. The van der Waals surface area contributed by atoms with Gasteiger partial charge < -0.3 is 26.2 Å². The van der Waals surface area contributed by atoms with Gasteiger partial charge in [-0.2, -0.15) is 0 Å². The van der Waals surface area contributed by atoms with Crippen LogP contribution in [-0.4, -0.2) is 75.8 Å². The molecule has 5 rings (SSSR count). The summed E-state index contributed by atoms with van der Waals surface area (Å²) in [5.74, 6) is 0.0279. The van der Waals surface area contributed by atoms with Gasteiger partial charge in [0, 0.05) is 18.9 Å². The molecule has 238 valence electrons. The maximum atomic E-state index is 14.2. The minimum Gasteiger partial charge on any atom is -0.617 e. The Bertz CT molecular complexity index is 1110. The van der Waals surface area contributed by atoms with Gasteiger partial charge in [-0.05, 0) is 67.3 Å². The SMILES string of the molecule is CC[C@H](C)[C@H](N)C(=O)NCC(=O)N(C1C2CC3CC(C2)CC1C3)[C@@H](Cc1ccccc1)C(=O)NC(=O)C(N)CC[S+](C)[O-]. The highest BCUT2D eigenvalue weighted by molar-refractivity contribution is 7.90. The molecule has 0 radical (unpaired) electrons. The molecule has 1 aromatic rings. The molecule has 11 heteroatoms. The molecule has 2 unspecified atom stereocenters. The highest BCUT2D eigenvalue weighted by Gasteiger charge is 2.53. The zero-order valence-corrected chi connectivity index (χ0v) is 26.5. The summed E-state index contributed by atoms with van der Waals surface area (Å²) >= 11 is -1.12. The highest BCUT2D eigenvalue weighted by atomic mass is 32.2. The molecule has 4 saturated carbocycles. The van der Waals surface area contributed by atoms with Gasteiger partial charge in [-0.1, -0.05) is 61.8 Å². The standard InChI is InChI=1S/C32H49N5O5S/c1-4-19(2)28(34)32(41)35-18-27(38)37(29-23-13-21-12-22(15-23)16-24(29)14-21)26(17-20-8-6-5-7-9-20)31(40)36-30(39)25(33)10-11-43(3)42/h5-9,19,21-26,28-29H,4,10-18,33-34H2,1-3H3,(H,35,41)(H,36,39,40)/t19-,21?,22?,23?,24?,25?,26-,28-,29?,43?/m0/s1. The van der Waals surface area contributed by atoms with Crippen LogP contribution in [0.25, 0.3) is 0 Å². The van der Waals surface area contributed by atoms with Gasteiger partial charge in [0.25, 0.3) is 0 Å². The molecule has 5 atom stereocenters. The average Bonchev–Trinajstić information content (AvgIpc) is 2.98. The number of nitrogens with one attached hydrogen (secondary N) is 2. The van der Waals surface area contributed by atoms with E-state index in [1.165, 1.54) is 12.7 Å². The lowest BCUT2D eigenvalue weighted by atomic mass is 9.53. The molecule has 4 aliphatic rings. The van der Waals surface area contributed by atoms with E-state index in [4.69, 9.17) is 11.5 Å². The normalized spacial score (nSPS) is 27.4. The van der Waals surface area contributed by atoms with Crippen LogP contribution in [0.5, 0.6) is 0 Å². The van der Waals surface area contributed by atoms with Gasteiger partial charge in [-0.15, -0.1) is 0 Å². The molecule has 4 bridgehead atoms.